The number of nitrogens with zero attached hydrogens (tertiary/aromatic N) is 2. The molecule has 4 rings (SSSR count). The lowest BCUT2D eigenvalue weighted by atomic mass is 10.1. The molecule has 0 saturated carbocycles. The van der Waals surface area contributed by atoms with E-state index in [0.29, 0.717) is 10.7 Å². The number of aromatic nitrogens is 2. The SMILES string of the molecule is Cc1ccc(-c2cc(=O)n(C)c3ncc([Si+](O)c4ccc(Cl)cc4)cc23)s1. The smallest absolute Gasteiger partial charge is 0.296 e. The van der Waals surface area contributed by atoms with Crippen LogP contribution in [0.2, 0.25) is 5.02 Å². The van der Waals surface area contributed by atoms with Gasteiger partial charge in [0.2, 0.25) is 0 Å². The van der Waals surface area contributed by atoms with Gasteiger partial charge in [0, 0.05) is 38.8 Å². The van der Waals surface area contributed by atoms with Gasteiger partial charge in [0.15, 0.2) is 0 Å². The second-order valence-corrected chi connectivity index (χ2v) is 9.89. The number of fused-ring (bicyclic) bond motifs is 1. The molecule has 134 valence electrons. The van der Waals surface area contributed by atoms with Gasteiger partial charge in [-0.3, -0.25) is 9.36 Å². The van der Waals surface area contributed by atoms with Gasteiger partial charge >= 0.3 is 9.04 Å². The largest absolute Gasteiger partial charge is 0.550 e. The third-order valence-corrected chi connectivity index (χ3v) is 7.46. The molecule has 1 aromatic carbocycles. The van der Waals surface area contributed by atoms with Crippen molar-refractivity contribution in [2.45, 2.75) is 6.92 Å². The molecule has 4 nitrogen and oxygen atoms in total. The van der Waals surface area contributed by atoms with Crippen molar-refractivity contribution in [3.63, 3.8) is 0 Å². The Morgan fingerprint density at radius 1 is 1.11 bits per heavy atom. The van der Waals surface area contributed by atoms with Crippen molar-refractivity contribution >= 4 is 53.4 Å². The van der Waals surface area contributed by atoms with Gasteiger partial charge in [0.25, 0.3) is 5.56 Å². The normalized spacial score (nSPS) is 11.1. The highest BCUT2D eigenvalue weighted by molar-refractivity contribution is 7.15. The molecule has 4 aromatic rings. The monoisotopic (exact) mass is 411 g/mol. The second-order valence-electron chi connectivity index (χ2n) is 6.32. The summed E-state index contributed by atoms with van der Waals surface area (Å²) < 4.78 is 1.54. The summed E-state index contributed by atoms with van der Waals surface area (Å²) >= 11 is 7.59. The van der Waals surface area contributed by atoms with Gasteiger partial charge in [-0.05, 0) is 49.4 Å². The van der Waals surface area contributed by atoms with Gasteiger partial charge in [-0.15, -0.1) is 11.3 Å². The maximum absolute atomic E-state index is 12.4. The maximum Gasteiger partial charge on any atom is 0.550 e. The van der Waals surface area contributed by atoms with E-state index in [-0.39, 0.29) is 5.56 Å². The minimum atomic E-state index is -1.97. The number of aryl methyl sites for hydroxylation is 2. The average molecular weight is 412 g/mol. The van der Waals surface area contributed by atoms with Gasteiger partial charge in [0.1, 0.15) is 16.0 Å². The summed E-state index contributed by atoms with van der Waals surface area (Å²) in [7, 11) is -0.259. The fraction of sp³-hybridized carbons (Fsp3) is 0.100. The quantitative estimate of drug-likeness (QED) is 0.527. The van der Waals surface area contributed by atoms with E-state index in [1.807, 2.05) is 37.3 Å². The predicted octanol–water partition coefficient (Wildman–Crippen LogP) is 2.72. The van der Waals surface area contributed by atoms with Crippen molar-refractivity contribution in [3.05, 3.63) is 75.0 Å². The highest BCUT2D eigenvalue weighted by atomic mass is 35.5. The zero-order valence-corrected chi connectivity index (χ0v) is 17.3. The van der Waals surface area contributed by atoms with E-state index in [1.54, 1.807) is 42.8 Å². The molecule has 0 unspecified atom stereocenters. The van der Waals surface area contributed by atoms with Crippen molar-refractivity contribution in [3.8, 4) is 10.4 Å². The highest BCUT2D eigenvalue weighted by Gasteiger charge is 2.32. The van der Waals surface area contributed by atoms with Crippen molar-refractivity contribution in [1.82, 2.24) is 9.55 Å². The maximum atomic E-state index is 12.4. The molecule has 27 heavy (non-hydrogen) atoms. The van der Waals surface area contributed by atoms with E-state index in [9.17, 15) is 9.59 Å². The third-order valence-electron chi connectivity index (χ3n) is 4.47. The molecule has 7 heteroatoms. The minimum Gasteiger partial charge on any atom is -0.296 e. The van der Waals surface area contributed by atoms with Gasteiger partial charge in [-0.25, -0.2) is 9.78 Å². The topological polar surface area (TPSA) is 55.1 Å². The molecule has 0 atom stereocenters. The van der Waals surface area contributed by atoms with Gasteiger partial charge in [-0.1, -0.05) is 11.6 Å². The van der Waals surface area contributed by atoms with Crippen LogP contribution in [0.3, 0.4) is 0 Å². The lowest BCUT2D eigenvalue weighted by Gasteiger charge is -2.08. The van der Waals surface area contributed by atoms with Gasteiger partial charge in [-0.2, -0.15) is 0 Å². The summed E-state index contributed by atoms with van der Waals surface area (Å²) in [6, 6.07) is 14.9. The predicted molar refractivity (Wildman–Crippen MR) is 114 cm³/mol. The Morgan fingerprint density at radius 2 is 1.85 bits per heavy atom. The number of halogens is 1. The number of hydrogen-bond acceptors (Lipinski definition) is 4. The average Bonchev–Trinajstić information content (AvgIpc) is 3.10. The zero-order valence-electron chi connectivity index (χ0n) is 14.7. The third kappa shape index (κ3) is 3.37. The molecule has 3 heterocycles. The molecule has 3 aromatic heterocycles. The first-order valence-corrected chi connectivity index (χ1v) is 11.0. The molecule has 0 spiro atoms. The molecule has 0 radical (unpaired) electrons. The van der Waals surface area contributed by atoms with Crippen LogP contribution in [-0.2, 0) is 7.05 Å². The summed E-state index contributed by atoms with van der Waals surface area (Å²) in [4.78, 5) is 30.0. The van der Waals surface area contributed by atoms with Crippen LogP contribution in [0.25, 0.3) is 21.5 Å². The summed E-state index contributed by atoms with van der Waals surface area (Å²) in [5.74, 6) is 0. The molecule has 1 N–H and O–H groups in total. The standard InChI is InChI=1S/C20H16ClN2O2SSi/c1-12-3-8-18(26-12)16-10-19(24)23(2)20-17(16)9-15(11-22-20)27(25)14-6-4-13(21)5-7-14/h3-11,25H,1-2H3/q+1. The Labute approximate surface area is 167 Å². The molecule has 0 aliphatic rings. The Morgan fingerprint density at radius 3 is 2.52 bits per heavy atom. The first kappa shape index (κ1) is 18.1. The molecule has 0 saturated heterocycles. The van der Waals surface area contributed by atoms with Crippen molar-refractivity contribution in [2.24, 2.45) is 7.05 Å². The van der Waals surface area contributed by atoms with E-state index in [4.69, 9.17) is 11.6 Å². The second kappa shape index (κ2) is 7.05. The van der Waals surface area contributed by atoms with Crippen LogP contribution in [0.15, 0.2) is 59.5 Å². The first-order chi connectivity index (χ1) is 12.9. The van der Waals surface area contributed by atoms with E-state index in [1.165, 1.54) is 9.44 Å². The minimum absolute atomic E-state index is 0.101. The van der Waals surface area contributed by atoms with Crippen LogP contribution in [0.5, 0.6) is 0 Å². The van der Waals surface area contributed by atoms with Crippen LogP contribution in [-0.4, -0.2) is 23.4 Å². The molecular weight excluding hydrogens is 396 g/mol. The Hall–Kier alpha value is -2.25. The highest BCUT2D eigenvalue weighted by Crippen LogP contribution is 2.31. The number of rotatable bonds is 3. The van der Waals surface area contributed by atoms with Crippen LogP contribution < -0.4 is 15.9 Å². The summed E-state index contributed by atoms with van der Waals surface area (Å²) in [6.07, 6.45) is 1.66. The zero-order chi connectivity index (χ0) is 19.1. The summed E-state index contributed by atoms with van der Waals surface area (Å²) in [5, 5.41) is 3.10. The van der Waals surface area contributed by atoms with E-state index in [0.717, 1.165) is 26.2 Å². The van der Waals surface area contributed by atoms with Crippen molar-refractivity contribution in [1.29, 1.82) is 0 Å². The fourth-order valence-corrected chi connectivity index (χ4v) is 5.32. The van der Waals surface area contributed by atoms with Gasteiger partial charge < -0.3 is 0 Å². The van der Waals surface area contributed by atoms with E-state index in [2.05, 4.69) is 4.98 Å². The number of hydrogen-bond donors (Lipinski definition) is 1. The Balaban J connectivity index is 1.91. The molecule has 0 fully saturated rings. The molecule has 0 amide bonds. The lowest BCUT2D eigenvalue weighted by Crippen LogP contribution is -2.42. The lowest BCUT2D eigenvalue weighted by molar-refractivity contribution is 0.600. The Bertz CT molecular complexity index is 1200. The summed E-state index contributed by atoms with van der Waals surface area (Å²) in [5.41, 5.74) is 1.36. The molecule has 0 aliphatic heterocycles. The van der Waals surface area contributed by atoms with Gasteiger partial charge in [0.05, 0.1) is 6.20 Å². The van der Waals surface area contributed by atoms with Crippen molar-refractivity contribution < 1.29 is 4.80 Å². The number of benzene rings is 1. The van der Waals surface area contributed by atoms with Crippen LogP contribution in [0, 0.1) is 6.92 Å². The fourth-order valence-electron chi connectivity index (χ4n) is 3.01. The Kier molecular flexibility index (Phi) is 4.73. The molecule has 0 bridgehead atoms. The van der Waals surface area contributed by atoms with Crippen molar-refractivity contribution in [2.75, 3.05) is 0 Å². The van der Waals surface area contributed by atoms with Crippen LogP contribution >= 0.6 is 22.9 Å². The van der Waals surface area contributed by atoms with Crippen LogP contribution in [0.1, 0.15) is 4.88 Å². The van der Waals surface area contributed by atoms with E-state index < -0.39 is 9.04 Å². The first-order valence-electron chi connectivity index (χ1n) is 8.33. The molecule has 0 aliphatic carbocycles. The molecular formula is C20H16ClN2O2SSi+. The number of thiophene rings is 1. The summed E-state index contributed by atoms with van der Waals surface area (Å²) in [6.45, 7) is 2.04. The van der Waals surface area contributed by atoms with Crippen LogP contribution in [0.4, 0.5) is 0 Å². The number of pyridine rings is 2. The van der Waals surface area contributed by atoms with E-state index >= 15 is 0 Å².